The SMILES string of the molecule is CCCCOC(=O)c1cccc(NC(=S)NC(=O)c2ccc(C)cc2)c1. The molecule has 2 rings (SSSR count). The molecule has 2 N–H and O–H groups in total. The maximum absolute atomic E-state index is 12.2. The van der Waals surface area contributed by atoms with Gasteiger partial charge in [0.15, 0.2) is 5.11 Å². The van der Waals surface area contributed by atoms with E-state index < -0.39 is 0 Å². The lowest BCUT2D eigenvalue weighted by Gasteiger charge is -2.11. The number of rotatable bonds is 6. The summed E-state index contributed by atoms with van der Waals surface area (Å²) in [6.07, 6.45) is 1.79. The molecule has 0 atom stereocenters. The number of nitrogens with one attached hydrogen (secondary N) is 2. The average Bonchev–Trinajstić information content (AvgIpc) is 2.62. The third-order valence-electron chi connectivity index (χ3n) is 3.63. The van der Waals surface area contributed by atoms with Gasteiger partial charge in [0.1, 0.15) is 0 Å². The highest BCUT2D eigenvalue weighted by Gasteiger charge is 2.10. The number of benzene rings is 2. The Hall–Kier alpha value is -2.73. The van der Waals surface area contributed by atoms with E-state index in [0.29, 0.717) is 23.4 Å². The van der Waals surface area contributed by atoms with E-state index in [1.165, 1.54) is 0 Å². The Morgan fingerprint density at radius 3 is 2.50 bits per heavy atom. The zero-order valence-electron chi connectivity index (χ0n) is 14.9. The highest BCUT2D eigenvalue weighted by molar-refractivity contribution is 7.80. The van der Waals surface area contributed by atoms with Crippen LogP contribution in [0.5, 0.6) is 0 Å². The first-order valence-corrected chi connectivity index (χ1v) is 8.86. The first-order valence-electron chi connectivity index (χ1n) is 8.46. The van der Waals surface area contributed by atoms with Crippen LogP contribution in [0.3, 0.4) is 0 Å². The predicted molar refractivity (Wildman–Crippen MR) is 106 cm³/mol. The molecule has 2 aromatic rings. The molecule has 0 unspecified atom stereocenters. The van der Waals surface area contributed by atoms with E-state index >= 15 is 0 Å². The second-order valence-corrected chi connectivity index (χ2v) is 6.25. The van der Waals surface area contributed by atoms with Gasteiger partial charge in [0.05, 0.1) is 12.2 Å². The Bertz CT molecular complexity index is 788. The molecule has 0 aliphatic heterocycles. The molecule has 0 heterocycles. The summed E-state index contributed by atoms with van der Waals surface area (Å²) in [5, 5.41) is 5.69. The third kappa shape index (κ3) is 5.97. The molecule has 0 aliphatic rings. The van der Waals surface area contributed by atoms with Crippen molar-refractivity contribution in [1.82, 2.24) is 5.32 Å². The number of amides is 1. The van der Waals surface area contributed by atoms with Crippen molar-refractivity contribution in [2.45, 2.75) is 26.7 Å². The molecule has 0 radical (unpaired) electrons. The zero-order valence-corrected chi connectivity index (χ0v) is 15.7. The van der Waals surface area contributed by atoms with Gasteiger partial charge in [-0.05, 0) is 55.9 Å². The van der Waals surface area contributed by atoms with Crippen molar-refractivity contribution in [1.29, 1.82) is 0 Å². The summed E-state index contributed by atoms with van der Waals surface area (Å²) in [7, 11) is 0. The van der Waals surface area contributed by atoms with E-state index in [1.54, 1.807) is 36.4 Å². The predicted octanol–water partition coefficient (Wildman–Crippen LogP) is 4.08. The lowest BCUT2D eigenvalue weighted by Crippen LogP contribution is -2.34. The van der Waals surface area contributed by atoms with Gasteiger partial charge >= 0.3 is 5.97 Å². The molecular weight excluding hydrogens is 348 g/mol. The monoisotopic (exact) mass is 370 g/mol. The number of hydrogen-bond donors (Lipinski definition) is 2. The van der Waals surface area contributed by atoms with E-state index in [1.807, 2.05) is 26.0 Å². The fraction of sp³-hybridized carbons (Fsp3) is 0.250. The number of hydrogen-bond acceptors (Lipinski definition) is 4. The van der Waals surface area contributed by atoms with Crippen LogP contribution in [0.25, 0.3) is 0 Å². The van der Waals surface area contributed by atoms with Crippen molar-refractivity contribution >= 4 is 34.9 Å². The zero-order chi connectivity index (χ0) is 18.9. The average molecular weight is 370 g/mol. The molecule has 0 aromatic heterocycles. The number of anilines is 1. The number of carbonyl (C=O) groups is 2. The summed E-state index contributed by atoms with van der Waals surface area (Å²) in [4.78, 5) is 24.2. The summed E-state index contributed by atoms with van der Waals surface area (Å²) in [5.74, 6) is -0.672. The number of thiocarbonyl (C=S) groups is 1. The van der Waals surface area contributed by atoms with Crippen molar-refractivity contribution in [2.75, 3.05) is 11.9 Å². The van der Waals surface area contributed by atoms with E-state index in [4.69, 9.17) is 17.0 Å². The largest absolute Gasteiger partial charge is 0.462 e. The second-order valence-electron chi connectivity index (χ2n) is 5.84. The Balaban J connectivity index is 1.94. The molecule has 26 heavy (non-hydrogen) atoms. The minimum atomic E-state index is -0.378. The minimum Gasteiger partial charge on any atom is -0.462 e. The highest BCUT2D eigenvalue weighted by atomic mass is 32.1. The van der Waals surface area contributed by atoms with Crippen molar-refractivity contribution in [3.8, 4) is 0 Å². The molecule has 2 aromatic carbocycles. The summed E-state index contributed by atoms with van der Waals surface area (Å²) < 4.78 is 5.19. The van der Waals surface area contributed by atoms with E-state index in [-0.39, 0.29) is 17.0 Å². The lowest BCUT2D eigenvalue weighted by molar-refractivity contribution is 0.0499. The Morgan fingerprint density at radius 1 is 1.08 bits per heavy atom. The number of unbranched alkanes of at least 4 members (excludes halogenated alkanes) is 1. The molecule has 0 spiro atoms. The maximum atomic E-state index is 12.2. The van der Waals surface area contributed by atoms with Crippen molar-refractivity contribution in [3.05, 3.63) is 65.2 Å². The standard InChI is InChI=1S/C20H22N2O3S/c1-3-4-12-25-19(24)16-6-5-7-17(13-16)21-20(26)22-18(23)15-10-8-14(2)9-11-15/h5-11,13H,3-4,12H2,1-2H3,(H2,21,22,23,26). The first kappa shape index (κ1) is 19.6. The van der Waals surface area contributed by atoms with Crippen LogP contribution in [0.2, 0.25) is 0 Å². The van der Waals surface area contributed by atoms with Crippen LogP contribution in [-0.2, 0) is 4.74 Å². The van der Waals surface area contributed by atoms with Crippen molar-refractivity contribution < 1.29 is 14.3 Å². The quantitative estimate of drug-likeness (QED) is 0.456. The van der Waals surface area contributed by atoms with Gasteiger partial charge in [-0.2, -0.15) is 0 Å². The van der Waals surface area contributed by atoms with Crippen LogP contribution in [0.4, 0.5) is 5.69 Å². The number of aryl methyl sites for hydroxylation is 1. The molecule has 0 saturated carbocycles. The van der Waals surface area contributed by atoms with E-state index in [9.17, 15) is 9.59 Å². The van der Waals surface area contributed by atoms with Crippen molar-refractivity contribution in [2.24, 2.45) is 0 Å². The molecule has 0 saturated heterocycles. The maximum Gasteiger partial charge on any atom is 0.338 e. The second kappa shape index (κ2) is 9.68. The van der Waals surface area contributed by atoms with Gasteiger partial charge in [-0.15, -0.1) is 0 Å². The van der Waals surface area contributed by atoms with Crippen LogP contribution >= 0.6 is 12.2 Å². The number of ether oxygens (including phenoxy) is 1. The van der Waals surface area contributed by atoms with Gasteiger partial charge in [0.25, 0.3) is 5.91 Å². The summed E-state index contributed by atoms with van der Waals surface area (Å²) >= 11 is 5.17. The fourth-order valence-electron chi connectivity index (χ4n) is 2.16. The Kier molecular flexibility index (Phi) is 7.29. The van der Waals surface area contributed by atoms with Gasteiger partial charge in [-0.25, -0.2) is 4.79 Å². The Labute approximate surface area is 158 Å². The fourth-order valence-corrected chi connectivity index (χ4v) is 2.37. The van der Waals surface area contributed by atoms with Crippen LogP contribution < -0.4 is 10.6 Å². The minimum absolute atomic E-state index is 0.159. The molecule has 1 amide bonds. The van der Waals surface area contributed by atoms with Crippen LogP contribution in [0.15, 0.2) is 48.5 Å². The molecular formula is C20H22N2O3S. The first-order chi connectivity index (χ1) is 12.5. The van der Waals surface area contributed by atoms with Gasteiger partial charge in [0, 0.05) is 11.3 Å². The Morgan fingerprint density at radius 2 is 1.81 bits per heavy atom. The highest BCUT2D eigenvalue weighted by Crippen LogP contribution is 2.12. The smallest absolute Gasteiger partial charge is 0.338 e. The van der Waals surface area contributed by atoms with Gasteiger partial charge in [-0.3, -0.25) is 10.1 Å². The number of carbonyl (C=O) groups excluding carboxylic acids is 2. The van der Waals surface area contributed by atoms with Crippen LogP contribution in [0.1, 0.15) is 46.0 Å². The van der Waals surface area contributed by atoms with Crippen LogP contribution in [0, 0.1) is 6.92 Å². The lowest BCUT2D eigenvalue weighted by atomic mass is 10.1. The topological polar surface area (TPSA) is 67.4 Å². The summed E-state index contributed by atoms with van der Waals surface area (Å²) in [6.45, 7) is 4.39. The summed E-state index contributed by atoms with van der Waals surface area (Å²) in [5.41, 5.74) is 2.63. The number of esters is 1. The molecule has 6 heteroatoms. The van der Waals surface area contributed by atoms with Gasteiger partial charge < -0.3 is 10.1 Å². The molecule has 5 nitrogen and oxygen atoms in total. The van der Waals surface area contributed by atoms with Crippen molar-refractivity contribution in [3.63, 3.8) is 0 Å². The summed E-state index contributed by atoms with van der Waals surface area (Å²) in [6, 6.07) is 14.0. The van der Waals surface area contributed by atoms with Gasteiger partial charge in [-0.1, -0.05) is 37.1 Å². The molecule has 136 valence electrons. The van der Waals surface area contributed by atoms with E-state index in [0.717, 1.165) is 18.4 Å². The van der Waals surface area contributed by atoms with Crippen LogP contribution in [-0.4, -0.2) is 23.6 Å². The van der Waals surface area contributed by atoms with Gasteiger partial charge in [0.2, 0.25) is 0 Å². The molecule has 0 aliphatic carbocycles. The van der Waals surface area contributed by atoms with E-state index in [2.05, 4.69) is 10.6 Å². The normalized spacial score (nSPS) is 10.1. The third-order valence-corrected chi connectivity index (χ3v) is 3.83. The molecule has 0 fully saturated rings. The molecule has 0 bridgehead atoms.